The van der Waals surface area contributed by atoms with Crippen molar-refractivity contribution in [1.82, 2.24) is 0 Å². The van der Waals surface area contributed by atoms with Crippen LogP contribution < -0.4 is 11.5 Å². The van der Waals surface area contributed by atoms with Crippen LogP contribution >= 0.6 is 7.82 Å². The monoisotopic (exact) mass is 206 g/mol. The summed E-state index contributed by atoms with van der Waals surface area (Å²) in [7, 11) is -4.64. The van der Waals surface area contributed by atoms with Gasteiger partial charge in [0.25, 0.3) is 0 Å². The third-order valence-electron chi connectivity index (χ3n) is 0.167. The molecular weight excluding hydrogens is 193 g/mol. The Hall–Kier alpha value is 2.03. The van der Waals surface area contributed by atoms with Gasteiger partial charge in [0.2, 0.25) is 0 Å². The molecule has 0 fully saturated rings. The summed E-state index contributed by atoms with van der Waals surface area (Å²) in [6.07, 6.45) is 0. The second-order valence-corrected chi connectivity index (χ2v) is 2.12. The molecule has 0 aliphatic rings. The molecule has 7 N–H and O–H groups in total. The SMILES string of the molecule is NCCN.O=P(O)(O)O.[NaH].[NaH]. The molecule has 0 aromatic carbocycles. The van der Waals surface area contributed by atoms with Gasteiger partial charge in [-0.25, -0.2) is 4.57 Å². The first-order chi connectivity index (χ1) is 3.91. The van der Waals surface area contributed by atoms with E-state index in [0.29, 0.717) is 13.1 Å². The van der Waals surface area contributed by atoms with Gasteiger partial charge in [0, 0.05) is 13.1 Å². The molecule has 0 saturated carbocycles. The molecule has 0 aliphatic carbocycles. The van der Waals surface area contributed by atoms with Crippen LogP contribution in [0.4, 0.5) is 0 Å². The van der Waals surface area contributed by atoms with Crippen molar-refractivity contribution in [2.45, 2.75) is 0 Å². The van der Waals surface area contributed by atoms with Gasteiger partial charge in [0.1, 0.15) is 0 Å². The summed E-state index contributed by atoms with van der Waals surface area (Å²) in [5.74, 6) is 0. The van der Waals surface area contributed by atoms with Crippen LogP contribution in [0.3, 0.4) is 0 Å². The fourth-order valence-corrected chi connectivity index (χ4v) is 0. The predicted octanol–water partition coefficient (Wildman–Crippen LogP) is -3.32. The molecule has 0 saturated heterocycles. The molecular formula is C2H13N2Na2O4P. The third-order valence-corrected chi connectivity index (χ3v) is 0.167. The van der Waals surface area contributed by atoms with Gasteiger partial charge in [-0.2, -0.15) is 0 Å². The van der Waals surface area contributed by atoms with E-state index in [1.807, 2.05) is 0 Å². The van der Waals surface area contributed by atoms with Gasteiger partial charge in [-0.15, -0.1) is 0 Å². The number of nitrogens with two attached hydrogens (primary N) is 2. The summed E-state index contributed by atoms with van der Waals surface area (Å²) in [4.78, 5) is 21.6. The molecule has 0 atom stereocenters. The Balaban J connectivity index is -0.0000000383. The molecule has 11 heavy (non-hydrogen) atoms. The van der Waals surface area contributed by atoms with E-state index in [9.17, 15) is 0 Å². The Kier molecular flexibility index (Phi) is 30.6. The van der Waals surface area contributed by atoms with Gasteiger partial charge in [-0.05, 0) is 0 Å². The fourth-order valence-electron chi connectivity index (χ4n) is 0. The summed E-state index contributed by atoms with van der Waals surface area (Å²) in [6, 6.07) is 0. The molecule has 0 aromatic heterocycles. The average Bonchev–Trinajstić information content (AvgIpc) is 1.61. The van der Waals surface area contributed by atoms with Gasteiger partial charge in [0.05, 0.1) is 0 Å². The maximum absolute atomic E-state index is 8.88. The Morgan fingerprint density at radius 2 is 1.09 bits per heavy atom. The number of rotatable bonds is 1. The number of hydrogen-bond acceptors (Lipinski definition) is 3. The van der Waals surface area contributed by atoms with Crippen LogP contribution in [0.25, 0.3) is 0 Å². The standard InChI is InChI=1S/C2H8N2.2Na.H3O4P.2H/c3-1-2-4;;;1-5(2,3)4;;/h1-4H2;;;(H3,1,2,3,4);;. The first-order valence-corrected chi connectivity index (χ1v) is 3.66. The normalized spacial score (nSPS) is 8.09. The van der Waals surface area contributed by atoms with Gasteiger partial charge < -0.3 is 26.1 Å². The van der Waals surface area contributed by atoms with Crippen molar-refractivity contribution in [3.63, 3.8) is 0 Å². The average molecular weight is 206 g/mol. The zero-order valence-electron chi connectivity index (χ0n) is 4.77. The molecule has 0 spiro atoms. The van der Waals surface area contributed by atoms with Crippen molar-refractivity contribution >= 4 is 66.9 Å². The van der Waals surface area contributed by atoms with E-state index < -0.39 is 7.82 Å². The van der Waals surface area contributed by atoms with Crippen molar-refractivity contribution in [2.24, 2.45) is 11.5 Å². The first kappa shape index (κ1) is 23.1. The summed E-state index contributed by atoms with van der Waals surface area (Å²) < 4.78 is 8.88. The minimum absolute atomic E-state index is 0. The number of hydrogen-bond donors (Lipinski definition) is 5. The fraction of sp³-hybridized carbons (Fsp3) is 1.00. The second kappa shape index (κ2) is 14.5. The molecule has 0 aliphatic heterocycles. The molecule has 0 radical (unpaired) electrons. The van der Waals surface area contributed by atoms with Crippen molar-refractivity contribution in [1.29, 1.82) is 0 Å². The van der Waals surface area contributed by atoms with E-state index in [0.717, 1.165) is 0 Å². The van der Waals surface area contributed by atoms with E-state index >= 15 is 0 Å². The van der Waals surface area contributed by atoms with E-state index in [2.05, 4.69) is 0 Å². The number of phosphoric acid groups is 1. The van der Waals surface area contributed by atoms with Crippen LogP contribution in [-0.2, 0) is 4.57 Å². The molecule has 9 heteroatoms. The zero-order chi connectivity index (χ0) is 7.91. The van der Waals surface area contributed by atoms with Crippen LogP contribution in [0.15, 0.2) is 0 Å². The summed E-state index contributed by atoms with van der Waals surface area (Å²) in [6.45, 7) is 1.19. The maximum atomic E-state index is 8.88. The van der Waals surface area contributed by atoms with Crippen molar-refractivity contribution < 1.29 is 19.2 Å². The Labute approximate surface area is 110 Å². The second-order valence-electron chi connectivity index (χ2n) is 1.09. The van der Waals surface area contributed by atoms with Crippen LogP contribution in [-0.4, -0.2) is 86.9 Å². The van der Waals surface area contributed by atoms with E-state index in [1.165, 1.54) is 0 Å². The molecule has 0 amide bonds. The van der Waals surface area contributed by atoms with Gasteiger partial charge in [-0.3, -0.25) is 0 Å². The molecule has 0 rings (SSSR count). The Morgan fingerprint density at radius 1 is 1.00 bits per heavy atom. The van der Waals surface area contributed by atoms with Crippen molar-refractivity contribution in [2.75, 3.05) is 13.1 Å². The third kappa shape index (κ3) is 132. The predicted molar refractivity (Wildman–Crippen MR) is 46.7 cm³/mol. The van der Waals surface area contributed by atoms with Crippen LogP contribution in [0, 0.1) is 0 Å². The van der Waals surface area contributed by atoms with Crippen LogP contribution in [0.2, 0.25) is 0 Å². The van der Waals surface area contributed by atoms with Gasteiger partial charge in [-0.1, -0.05) is 0 Å². The van der Waals surface area contributed by atoms with Crippen LogP contribution in [0.5, 0.6) is 0 Å². The zero-order valence-corrected chi connectivity index (χ0v) is 5.66. The summed E-state index contributed by atoms with van der Waals surface area (Å²) >= 11 is 0. The molecule has 62 valence electrons. The van der Waals surface area contributed by atoms with E-state index in [1.54, 1.807) is 0 Å². The van der Waals surface area contributed by atoms with E-state index in [4.69, 9.17) is 30.7 Å². The van der Waals surface area contributed by atoms with Crippen molar-refractivity contribution in [3.05, 3.63) is 0 Å². The van der Waals surface area contributed by atoms with E-state index in [-0.39, 0.29) is 59.1 Å². The molecule has 0 bridgehead atoms. The van der Waals surface area contributed by atoms with Gasteiger partial charge in [0.15, 0.2) is 0 Å². The summed E-state index contributed by atoms with van der Waals surface area (Å²) in [5.41, 5.74) is 9.81. The molecule has 6 nitrogen and oxygen atoms in total. The Morgan fingerprint density at radius 3 is 1.09 bits per heavy atom. The topological polar surface area (TPSA) is 130 Å². The van der Waals surface area contributed by atoms with Crippen molar-refractivity contribution in [3.8, 4) is 0 Å². The van der Waals surface area contributed by atoms with Gasteiger partial charge >= 0.3 is 66.9 Å². The molecule has 0 heterocycles. The molecule has 0 aromatic rings. The van der Waals surface area contributed by atoms with Crippen LogP contribution in [0.1, 0.15) is 0 Å². The first-order valence-electron chi connectivity index (χ1n) is 2.10. The Bertz CT molecular complexity index is 87.8. The molecule has 0 unspecified atom stereocenters. The quantitative estimate of drug-likeness (QED) is 0.225. The summed E-state index contributed by atoms with van der Waals surface area (Å²) in [5, 5.41) is 0. The minimum atomic E-state index is -4.64.